The largest absolute Gasteiger partial charge is 0.390 e. The summed E-state index contributed by atoms with van der Waals surface area (Å²) in [7, 11) is 1.64. The Labute approximate surface area is 117 Å². The predicted molar refractivity (Wildman–Crippen MR) is 74.2 cm³/mol. The number of carbonyl (C=O) groups is 2. The van der Waals surface area contributed by atoms with Crippen LogP contribution in [0.25, 0.3) is 0 Å². The van der Waals surface area contributed by atoms with Gasteiger partial charge >= 0.3 is 0 Å². The van der Waals surface area contributed by atoms with E-state index in [0.29, 0.717) is 18.7 Å². The first-order chi connectivity index (χ1) is 9.59. The number of likely N-dealkylation sites (N-methyl/N-ethyl adjacent to an activating group) is 1. The van der Waals surface area contributed by atoms with E-state index in [-0.39, 0.29) is 24.4 Å². The van der Waals surface area contributed by atoms with Gasteiger partial charge in [0.25, 0.3) is 5.91 Å². The van der Waals surface area contributed by atoms with Gasteiger partial charge in [-0.2, -0.15) is 0 Å². The van der Waals surface area contributed by atoms with Crippen LogP contribution in [0.3, 0.4) is 0 Å². The van der Waals surface area contributed by atoms with Crippen molar-refractivity contribution in [2.45, 2.75) is 12.1 Å². The summed E-state index contributed by atoms with van der Waals surface area (Å²) in [4.78, 5) is 25.3. The quantitative estimate of drug-likeness (QED) is 0.673. The molecule has 0 aliphatic carbocycles. The summed E-state index contributed by atoms with van der Waals surface area (Å²) in [6.07, 6.45) is -0.561. The molecule has 6 heteroatoms. The highest BCUT2D eigenvalue weighted by molar-refractivity contribution is 5.96. The van der Waals surface area contributed by atoms with Gasteiger partial charge in [-0.25, -0.2) is 0 Å². The maximum absolute atomic E-state index is 12.0. The van der Waals surface area contributed by atoms with E-state index in [4.69, 9.17) is 0 Å². The molecule has 0 aromatic heterocycles. The zero-order valence-corrected chi connectivity index (χ0v) is 11.4. The third kappa shape index (κ3) is 3.34. The van der Waals surface area contributed by atoms with Gasteiger partial charge in [0.15, 0.2) is 0 Å². The van der Waals surface area contributed by atoms with Crippen LogP contribution in [0.5, 0.6) is 0 Å². The van der Waals surface area contributed by atoms with Crippen molar-refractivity contribution >= 4 is 11.8 Å². The molecule has 0 bridgehead atoms. The Balaban J connectivity index is 1.84. The van der Waals surface area contributed by atoms with E-state index in [9.17, 15) is 14.7 Å². The summed E-state index contributed by atoms with van der Waals surface area (Å²) in [5.74, 6) is -0.500. The highest BCUT2D eigenvalue weighted by Crippen LogP contribution is 2.07. The van der Waals surface area contributed by atoms with Crippen LogP contribution >= 0.6 is 0 Å². The van der Waals surface area contributed by atoms with Gasteiger partial charge in [0.2, 0.25) is 5.91 Å². The number of hydrogen-bond donors (Lipinski definition) is 3. The molecule has 0 saturated carbocycles. The van der Waals surface area contributed by atoms with Gasteiger partial charge < -0.3 is 20.6 Å². The Morgan fingerprint density at radius 3 is 2.65 bits per heavy atom. The van der Waals surface area contributed by atoms with Gasteiger partial charge in [-0.15, -0.1) is 0 Å². The summed E-state index contributed by atoms with van der Waals surface area (Å²) >= 11 is 0. The van der Waals surface area contributed by atoms with Crippen molar-refractivity contribution in [2.75, 3.05) is 26.7 Å². The normalized spacial score (nSPS) is 21.5. The SMILES string of the molecule is CN(C(=O)CNC(=O)c1ccccc1)[C@H]1CNC[C@@H]1O. The van der Waals surface area contributed by atoms with Gasteiger partial charge in [-0.05, 0) is 12.1 Å². The average molecular weight is 277 g/mol. The van der Waals surface area contributed by atoms with Crippen molar-refractivity contribution < 1.29 is 14.7 Å². The minimum absolute atomic E-state index is 0.0759. The maximum atomic E-state index is 12.0. The van der Waals surface area contributed by atoms with Crippen LogP contribution in [0.1, 0.15) is 10.4 Å². The number of carbonyl (C=O) groups excluding carboxylic acids is 2. The lowest BCUT2D eigenvalue weighted by molar-refractivity contribution is -0.132. The van der Waals surface area contributed by atoms with Gasteiger partial charge in [0.1, 0.15) is 0 Å². The number of rotatable bonds is 4. The van der Waals surface area contributed by atoms with Crippen LogP contribution in [-0.2, 0) is 4.79 Å². The smallest absolute Gasteiger partial charge is 0.251 e. The summed E-state index contributed by atoms with van der Waals surface area (Å²) in [6, 6.07) is 8.50. The standard InChI is InChI=1S/C14H19N3O3/c1-17(11-7-15-8-12(11)18)13(19)9-16-14(20)10-5-3-2-4-6-10/h2-6,11-12,15,18H,7-9H2,1H3,(H,16,20)/t11-,12-/m0/s1. The van der Waals surface area contributed by atoms with Crippen LogP contribution in [0, 0.1) is 0 Å². The first-order valence-electron chi connectivity index (χ1n) is 6.57. The second-order valence-corrected chi connectivity index (χ2v) is 4.85. The minimum atomic E-state index is -0.561. The third-order valence-corrected chi connectivity index (χ3v) is 3.48. The summed E-state index contributed by atoms with van der Waals surface area (Å²) < 4.78 is 0. The van der Waals surface area contributed by atoms with Crippen LogP contribution < -0.4 is 10.6 Å². The molecule has 1 fully saturated rings. The molecular weight excluding hydrogens is 258 g/mol. The van der Waals surface area contributed by atoms with E-state index in [1.165, 1.54) is 4.90 Å². The Morgan fingerprint density at radius 2 is 2.05 bits per heavy atom. The fraction of sp³-hybridized carbons (Fsp3) is 0.429. The number of β-amino-alcohol motifs (C(OH)–C–C–N with tert-alkyl or cyclic N) is 1. The number of aliphatic hydroxyl groups is 1. The van der Waals surface area contributed by atoms with Crippen LogP contribution in [-0.4, -0.2) is 60.6 Å². The molecule has 3 N–H and O–H groups in total. The van der Waals surface area contributed by atoms with Gasteiger partial charge in [0.05, 0.1) is 18.7 Å². The highest BCUT2D eigenvalue weighted by atomic mass is 16.3. The molecule has 0 spiro atoms. The zero-order chi connectivity index (χ0) is 14.5. The minimum Gasteiger partial charge on any atom is -0.390 e. The molecular formula is C14H19N3O3. The van der Waals surface area contributed by atoms with Crippen molar-refractivity contribution in [2.24, 2.45) is 0 Å². The van der Waals surface area contributed by atoms with Gasteiger partial charge in [-0.3, -0.25) is 9.59 Å². The van der Waals surface area contributed by atoms with Gasteiger partial charge in [-0.1, -0.05) is 18.2 Å². The van der Waals surface area contributed by atoms with E-state index in [1.54, 1.807) is 31.3 Å². The molecule has 6 nitrogen and oxygen atoms in total. The lowest BCUT2D eigenvalue weighted by atomic mass is 10.2. The van der Waals surface area contributed by atoms with E-state index >= 15 is 0 Å². The van der Waals surface area contributed by atoms with Crippen molar-refractivity contribution in [3.63, 3.8) is 0 Å². The Bertz CT molecular complexity index is 478. The summed E-state index contributed by atoms with van der Waals surface area (Å²) in [6.45, 7) is 0.974. The molecule has 1 aliphatic heterocycles. The number of nitrogens with zero attached hydrogens (tertiary/aromatic N) is 1. The van der Waals surface area contributed by atoms with E-state index in [0.717, 1.165) is 0 Å². The fourth-order valence-corrected chi connectivity index (χ4v) is 2.20. The van der Waals surface area contributed by atoms with Crippen LogP contribution in [0.2, 0.25) is 0 Å². The molecule has 1 aromatic rings. The monoisotopic (exact) mass is 277 g/mol. The second-order valence-electron chi connectivity index (χ2n) is 4.85. The Hall–Kier alpha value is -1.92. The molecule has 2 amide bonds. The number of aliphatic hydroxyl groups excluding tert-OH is 1. The molecule has 1 saturated heterocycles. The topological polar surface area (TPSA) is 81.7 Å². The Kier molecular flexibility index (Phi) is 4.70. The number of benzene rings is 1. The molecule has 0 radical (unpaired) electrons. The lowest BCUT2D eigenvalue weighted by Gasteiger charge is -2.26. The molecule has 108 valence electrons. The second kappa shape index (κ2) is 6.49. The van der Waals surface area contributed by atoms with E-state index < -0.39 is 6.10 Å². The first kappa shape index (κ1) is 14.5. The van der Waals surface area contributed by atoms with Crippen molar-refractivity contribution in [3.8, 4) is 0 Å². The van der Waals surface area contributed by atoms with Crippen molar-refractivity contribution in [1.82, 2.24) is 15.5 Å². The number of hydrogen-bond acceptors (Lipinski definition) is 4. The lowest BCUT2D eigenvalue weighted by Crippen LogP contribution is -2.48. The number of amides is 2. The zero-order valence-electron chi connectivity index (χ0n) is 11.4. The first-order valence-corrected chi connectivity index (χ1v) is 6.57. The molecule has 1 heterocycles. The van der Waals surface area contributed by atoms with Crippen LogP contribution in [0.15, 0.2) is 30.3 Å². The Morgan fingerprint density at radius 1 is 1.35 bits per heavy atom. The number of nitrogens with one attached hydrogen (secondary N) is 2. The molecule has 2 rings (SSSR count). The van der Waals surface area contributed by atoms with Gasteiger partial charge in [0, 0.05) is 25.7 Å². The molecule has 20 heavy (non-hydrogen) atoms. The molecule has 2 atom stereocenters. The summed E-state index contributed by atoms with van der Waals surface area (Å²) in [5, 5.41) is 15.3. The third-order valence-electron chi connectivity index (χ3n) is 3.48. The summed E-state index contributed by atoms with van der Waals surface area (Å²) in [5.41, 5.74) is 0.519. The van der Waals surface area contributed by atoms with Crippen LogP contribution in [0.4, 0.5) is 0 Å². The molecule has 1 aromatic carbocycles. The predicted octanol–water partition coefficient (Wildman–Crippen LogP) is -0.792. The molecule has 0 unspecified atom stereocenters. The van der Waals surface area contributed by atoms with E-state index in [2.05, 4.69) is 10.6 Å². The molecule has 1 aliphatic rings. The van der Waals surface area contributed by atoms with E-state index in [1.807, 2.05) is 6.07 Å². The maximum Gasteiger partial charge on any atom is 0.251 e. The highest BCUT2D eigenvalue weighted by Gasteiger charge is 2.30. The fourth-order valence-electron chi connectivity index (χ4n) is 2.20. The average Bonchev–Trinajstić information content (AvgIpc) is 2.90. The van der Waals surface area contributed by atoms with Crippen molar-refractivity contribution in [3.05, 3.63) is 35.9 Å². The van der Waals surface area contributed by atoms with Crippen molar-refractivity contribution in [1.29, 1.82) is 0 Å².